The molecule has 9 heteroatoms. The highest BCUT2D eigenvalue weighted by atomic mass is 32.2. The Morgan fingerprint density at radius 1 is 1.26 bits per heavy atom. The van der Waals surface area contributed by atoms with E-state index in [4.69, 9.17) is 4.74 Å². The summed E-state index contributed by atoms with van der Waals surface area (Å²) in [4.78, 5) is 24.4. The molecule has 0 saturated heterocycles. The second-order valence-corrected chi connectivity index (χ2v) is 8.74. The average Bonchev–Trinajstić information content (AvgIpc) is 3.04. The lowest BCUT2D eigenvalue weighted by molar-refractivity contribution is -0.118. The van der Waals surface area contributed by atoms with Crippen molar-refractivity contribution >= 4 is 23.8 Å². The molecule has 2 N–H and O–H groups in total. The van der Waals surface area contributed by atoms with Crippen LogP contribution in [0.15, 0.2) is 11.5 Å². The molecule has 0 aliphatic heterocycles. The molecular formula is C18H33N5O3S. The van der Waals surface area contributed by atoms with Gasteiger partial charge in [-0.1, -0.05) is 25.6 Å². The smallest absolute Gasteiger partial charge is 0.408 e. The molecule has 0 bridgehead atoms. The Bertz CT molecular complexity index is 621. The van der Waals surface area contributed by atoms with Gasteiger partial charge in [0.05, 0.1) is 11.3 Å². The number of carbonyl (C=O) groups excluding carboxylic acids is 2. The van der Waals surface area contributed by atoms with Gasteiger partial charge in [0.25, 0.3) is 0 Å². The summed E-state index contributed by atoms with van der Waals surface area (Å²) in [5, 5.41) is 14.5. The predicted octanol–water partition coefficient (Wildman–Crippen LogP) is 3.15. The molecular weight excluding hydrogens is 366 g/mol. The number of carbonyl (C=O) groups is 2. The molecule has 1 rings (SSSR count). The molecule has 0 atom stereocenters. The van der Waals surface area contributed by atoms with Crippen LogP contribution in [0.1, 0.15) is 67.3 Å². The number of aromatic nitrogens is 3. The molecule has 8 nitrogen and oxygen atoms in total. The predicted molar refractivity (Wildman–Crippen MR) is 107 cm³/mol. The zero-order chi connectivity index (χ0) is 20.7. The van der Waals surface area contributed by atoms with Gasteiger partial charge in [-0.25, -0.2) is 4.79 Å². The Labute approximate surface area is 166 Å². The molecule has 154 valence electrons. The molecule has 27 heavy (non-hydrogen) atoms. The number of amides is 2. The van der Waals surface area contributed by atoms with Crippen LogP contribution in [0, 0.1) is 0 Å². The van der Waals surface area contributed by atoms with Gasteiger partial charge < -0.3 is 19.9 Å². The first kappa shape index (κ1) is 23.3. The number of rotatable bonds is 9. The molecule has 0 aliphatic carbocycles. The van der Waals surface area contributed by atoms with Crippen LogP contribution in [0.5, 0.6) is 0 Å². The van der Waals surface area contributed by atoms with E-state index < -0.39 is 17.2 Å². The van der Waals surface area contributed by atoms with Gasteiger partial charge in [-0.15, -0.1) is 10.2 Å². The number of nitrogens with one attached hydrogen (secondary N) is 2. The third-order valence-corrected chi connectivity index (χ3v) is 5.13. The van der Waals surface area contributed by atoms with E-state index in [-0.39, 0.29) is 17.7 Å². The van der Waals surface area contributed by atoms with Crippen molar-refractivity contribution in [3.8, 4) is 0 Å². The van der Waals surface area contributed by atoms with E-state index in [1.54, 1.807) is 6.33 Å². The zero-order valence-corrected chi connectivity index (χ0v) is 18.3. The van der Waals surface area contributed by atoms with E-state index in [2.05, 4.69) is 20.8 Å². The van der Waals surface area contributed by atoms with E-state index in [0.717, 1.165) is 0 Å². The molecule has 1 aromatic rings. The number of alkyl carbamates (subject to hydrolysis) is 1. The van der Waals surface area contributed by atoms with Crippen molar-refractivity contribution in [2.24, 2.45) is 0 Å². The number of ether oxygens (including phenoxy) is 1. The normalized spacial score (nSPS) is 12.1. The van der Waals surface area contributed by atoms with Crippen molar-refractivity contribution in [1.82, 2.24) is 25.4 Å². The Morgan fingerprint density at radius 2 is 1.89 bits per heavy atom. The summed E-state index contributed by atoms with van der Waals surface area (Å²) in [6.07, 6.45) is 2.55. The summed E-state index contributed by atoms with van der Waals surface area (Å²) in [5.74, 6) is 0.122. The molecule has 1 heterocycles. The lowest BCUT2D eigenvalue weighted by Gasteiger charge is -2.34. The van der Waals surface area contributed by atoms with Crippen molar-refractivity contribution in [1.29, 1.82) is 0 Å². The van der Waals surface area contributed by atoms with Gasteiger partial charge in [0, 0.05) is 12.6 Å². The lowest BCUT2D eigenvalue weighted by Crippen LogP contribution is -2.56. The van der Waals surface area contributed by atoms with Crippen LogP contribution in [-0.4, -0.2) is 50.2 Å². The first-order valence-corrected chi connectivity index (χ1v) is 10.3. The second kappa shape index (κ2) is 9.96. The van der Waals surface area contributed by atoms with E-state index >= 15 is 0 Å². The highest BCUT2D eigenvalue weighted by Gasteiger charge is 2.31. The van der Waals surface area contributed by atoms with Gasteiger partial charge in [-0.05, 0) is 47.5 Å². The maximum atomic E-state index is 12.3. The monoisotopic (exact) mass is 399 g/mol. The van der Waals surface area contributed by atoms with Gasteiger partial charge >= 0.3 is 6.09 Å². The standard InChI is InChI=1S/C18H33N5O3S/c1-8-18(9-2,21-16(25)26-17(5,6)7)11-19-14(24)10-27-15-22-20-12-23(15)13(3)4/h12-13H,8-11H2,1-7H3,(H,19,24)(H,21,25). The summed E-state index contributed by atoms with van der Waals surface area (Å²) in [6, 6.07) is 0.233. The average molecular weight is 400 g/mol. The highest BCUT2D eigenvalue weighted by Crippen LogP contribution is 2.19. The molecule has 1 aromatic heterocycles. The summed E-state index contributed by atoms with van der Waals surface area (Å²) >= 11 is 1.34. The lowest BCUT2D eigenvalue weighted by atomic mass is 9.93. The maximum absolute atomic E-state index is 12.3. The Morgan fingerprint density at radius 3 is 2.41 bits per heavy atom. The van der Waals surface area contributed by atoms with Crippen LogP contribution in [0.25, 0.3) is 0 Å². The minimum atomic E-state index is -0.566. The SMILES string of the molecule is CCC(CC)(CNC(=O)CSc1nncn1C(C)C)NC(=O)OC(C)(C)C. The van der Waals surface area contributed by atoms with E-state index in [9.17, 15) is 9.59 Å². The first-order valence-electron chi connectivity index (χ1n) is 9.32. The van der Waals surface area contributed by atoms with Crippen LogP contribution < -0.4 is 10.6 Å². The van der Waals surface area contributed by atoms with Crippen molar-refractivity contribution in [2.75, 3.05) is 12.3 Å². The van der Waals surface area contributed by atoms with Gasteiger partial charge in [0.15, 0.2) is 5.16 Å². The van der Waals surface area contributed by atoms with E-state index in [1.807, 2.05) is 53.0 Å². The van der Waals surface area contributed by atoms with Crippen LogP contribution in [-0.2, 0) is 9.53 Å². The summed E-state index contributed by atoms with van der Waals surface area (Å²) in [7, 11) is 0. The number of nitrogens with zero attached hydrogens (tertiary/aromatic N) is 3. The minimum Gasteiger partial charge on any atom is -0.444 e. The van der Waals surface area contributed by atoms with Crippen LogP contribution in [0.3, 0.4) is 0 Å². The molecule has 0 unspecified atom stereocenters. The molecule has 0 radical (unpaired) electrons. The van der Waals surface area contributed by atoms with Crippen molar-refractivity contribution < 1.29 is 14.3 Å². The Hall–Kier alpha value is -1.77. The number of hydrogen-bond acceptors (Lipinski definition) is 6. The fourth-order valence-electron chi connectivity index (χ4n) is 2.38. The molecule has 0 aliphatic rings. The quantitative estimate of drug-likeness (QED) is 0.619. The summed E-state index contributed by atoms with van der Waals surface area (Å²) < 4.78 is 7.27. The molecule has 0 saturated carbocycles. The van der Waals surface area contributed by atoms with Gasteiger partial charge in [-0.3, -0.25) is 4.79 Å². The highest BCUT2D eigenvalue weighted by molar-refractivity contribution is 7.99. The van der Waals surface area contributed by atoms with Gasteiger partial charge in [0.2, 0.25) is 5.91 Å². The third-order valence-electron chi connectivity index (χ3n) is 4.17. The number of hydrogen-bond donors (Lipinski definition) is 2. The maximum Gasteiger partial charge on any atom is 0.408 e. The van der Waals surface area contributed by atoms with Crippen molar-refractivity contribution in [2.45, 2.75) is 83.6 Å². The van der Waals surface area contributed by atoms with Crippen molar-refractivity contribution in [3.05, 3.63) is 6.33 Å². The van der Waals surface area contributed by atoms with Crippen LogP contribution in [0.2, 0.25) is 0 Å². The molecule has 0 fully saturated rings. The largest absolute Gasteiger partial charge is 0.444 e. The number of thioether (sulfide) groups is 1. The van der Waals surface area contributed by atoms with Crippen molar-refractivity contribution in [3.63, 3.8) is 0 Å². The zero-order valence-electron chi connectivity index (χ0n) is 17.5. The Balaban J connectivity index is 2.58. The molecule has 0 spiro atoms. The van der Waals surface area contributed by atoms with E-state index in [0.29, 0.717) is 24.5 Å². The van der Waals surface area contributed by atoms with Gasteiger partial charge in [0.1, 0.15) is 11.9 Å². The molecule has 2 amide bonds. The Kier molecular flexibility index (Phi) is 8.59. The topological polar surface area (TPSA) is 98.1 Å². The fourth-order valence-corrected chi connectivity index (χ4v) is 3.25. The first-order chi connectivity index (χ1) is 12.5. The molecule has 0 aromatic carbocycles. The fraction of sp³-hybridized carbons (Fsp3) is 0.778. The summed E-state index contributed by atoms with van der Waals surface area (Å²) in [5.41, 5.74) is -1.11. The van der Waals surface area contributed by atoms with Crippen LogP contribution in [0.4, 0.5) is 4.79 Å². The van der Waals surface area contributed by atoms with E-state index in [1.165, 1.54) is 11.8 Å². The third kappa shape index (κ3) is 7.78. The second-order valence-electron chi connectivity index (χ2n) is 7.79. The summed E-state index contributed by atoms with van der Waals surface area (Å²) in [6.45, 7) is 13.8. The van der Waals surface area contributed by atoms with Crippen LogP contribution >= 0.6 is 11.8 Å². The van der Waals surface area contributed by atoms with Gasteiger partial charge in [-0.2, -0.15) is 0 Å². The minimum absolute atomic E-state index is 0.115.